The van der Waals surface area contributed by atoms with Crippen molar-refractivity contribution in [2.24, 2.45) is 0 Å². The van der Waals surface area contributed by atoms with E-state index in [2.05, 4.69) is 0 Å². The Hall–Kier alpha value is -0.323. The summed E-state index contributed by atoms with van der Waals surface area (Å²) in [7, 11) is 0. The van der Waals surface area contributed by atoms with E-state index in [1.807, 2.05) is 0 Å². The summed E-state index contributed by atoms with van der Waals surface area (Å²) in [6.07, 6.45) is -17.0. The highest BCUT2D eigenvalue weighted by atomic mass is 35.7. The van der Waals surface area contributed by atoms with Crippen LogP contribution in [0.3, 0.4) is 0 Å². The summed E-state index contributed by atoms with van der Waals surface area (Å²) in [5.41, 5.74) is 0. The van der Waals surface area contributed by atoms with Gasteiger partial charge in [0.15, 0.2) is 0 Å². The van der Waals surface area contributed by atoms with Crippen molar-refractivity contribution in [1.82, 2.24) is 0 Å². The molecular weight excluding hydrogens is 535 g/mol. The molecule has 30 heavy (non-hydrogen) atoms. The Balaban J connectivity index is 5.81. The largest absolute Gasteiger partial charge is 0.460 e. The lowest BCUT2D eigenvalue weighted by Crippen LogP contribution is -2.70. The molecule has 0 aliphatic carbocycles. The molecule has 0 spiro atoms. The molecule has 0 bridgehead atoms. The molecule has 0 aromatic rings. The van der Waals surface area contributed by atoms with Crippen LogP contribution in [0.1, 0.15) is 12.8 Å². The fourth-order valence-electron chi connectivity index (χ4n) is 1.75. The Morgan fingerprint density at radius 3 is 1.13 bits per heavy atom. The molecule has 0 N–H and O–H groups in total. The molecule has 0 aliphatic rings. The Morgan fingerprint density at radius 2 is 0.800 bits per heavy atom. The number of alkyl halides is 16. The molecule has 0 aliphatic heterocycles. The van der Waals surface area contributed by atoms with Crippen LogP contribution in [-0.2, 0) is 0 Å². The molecule has 19 heteroatoms. The van der Waals surface area contributed by atoms with E-state index in [-0.39, 0.29) is 0 Å². The van der Waals surface area contributed by atoms with Crippen LogP contribution in [0.25, 0.3) is 0 Å². The molecule has 0 radical (unpaired) electrons. The Bertz CT molecular complexity index is 593. The third kappa shape index (κ3) is 5.72. The summed E-state index contributed by atoms with van der Waals surface area (Å²) in [4.78, 5) is 0. The van der Waals surface area contributed by atoms with Gasteiger partial charge in [0, 0.05) is 12.8 Å². The third-order valence-corrected chi connectivity index (χ3v) is 7.81. The molecule has 0 aromatic carbocycles. The summed E-state index contributed by atoms with van der Waals surface area (Å²) in [6.45, 7) is -4.52. The molecule has 0 amide bonds. The van der Waals surface area contributed by atoms with Crippen molar-refractivity contribution in [3.05, 3.63) is 0 Å². The van der Waals surface area contributed by atoms with E-state index in [0.29, 0.717) is 0 Å². The molecular formula is C11H8Cl2F16Si. The minimum absolute atomic E-state index is 1.32. The highest BCUT2D eigenvalue weighted by Gasteiger charge is 2.90. The van der Waals surface area contributed by atoms with Crippen molar-refractivity contribution < 1.29 is 70.2 Å². The van der Waals surface area contributed by atoms with E-state index in [0.717, 1.165) is 0 Å². The van der Waals surface area contributed by atoms with Gasteiger partial charge in [0.25, 0.3) is 6.69 Å². The molecule has 0 heterocycles. The maximum atomic E-state index is 13.5. The summed E-state index contributed by atoms with van der Waals surface area (Å²) in [5.74, 6) is -37.8. The Kier molecular flexibility index (Phi) is 8.14. The van der Waals surface area contributed by atoms with E-state index < -0.39 is 73.6 Å². The van der Waals surface area contributed by atoms with Gasteiger partial charge in [-0.2, -0.15) is 70.2 Å². The molecule has 0 unspecified atom stereocenters. The first-order chi connectivity index (χ1) is 12.7. The van der Waals surface area contributed by atoms with Gasteiger partial charge in [0.05, 0.1) is 0 Å². The van der Waals surface area contributed by atoms with Crippen molar-refractivity contribution in [2.45, 2.75) is 66.9 Å². The van der Waals surface area contributed by atoms with Crippen LogP contribution in [0.4, 0.5) is 70.2 Å². The summed E-state index contributed by atoms with van der Waals surface area (Å²) in [6, 6.07) is -3.06. The van der Waals surface area contributed by atoms with E-state index >= 15 is 0 Å². The minimum Gasteiger partial charge on any atom is -0.200 e. The second-order valence-corrected chi connectivity index (χ2v) is 13.6. The van der Waals surface area contributed by atoms with E-state index in [9.17, 15) is 70.2 Å². The fourth-order valence-corrected chi connectivity index (χ4v) is 4.46. The van der Waals surface area contributed by atoms with E-state index in [4.69, 9.17) is 22.2 Å². The van der Waals surface area contributed by atoms with Gasteiger partial charge in [-0.1, -0.05) is 0 Å². The van der Waals surface area contributed by atoms with Crippen LogP contribution in [-0.4, -0.2) is 48.7 Å². The molecule has 182 valence electrons. The van der Waals surface area contributed by atoms with Gasteiger partial charge in [0.2, 0.25) is 0 Å². The third-order valence-electron chi connectivity index (χ3n) is 3.58. The van der Waals surface area contributed by atoms with Crippen molar-refractivity contribution in [1.29, 1.82) is 0 Å². The zero-order valence-electron chi connectivity index (χ0n) is 13.6. The number of halogens is 18. The van der Waals surface area contributed by atoms with Gasteiger partial charge in [-0.3, -0.25) is 0 Å². The monoisotopic (exact) mass is 542 g/mol. The lowest BCUT2D eigenvalue weighted by molar-refractivity contribution is -0.439. The molecule has 0 saturated carbocycles. The first-order valence-corrected chi connectivity index (χ1v) is 11.5. The molecule has 0 nitrogen and oxygen atoms in total. The van der Waals surface area contributed by atoms with E-state index in [1.54, 1.807) is 0 Å². The number of rotatable bonds is 9. The van der Waals surface area contributed by atoms with Crippen LogP contribution < -0.4 is 0 Å². The zero-order valence-corrected chi connectivity index (χ0v) is 16.1. The quantitative estimate of drug-likeness (QED) is 0.157. The predicted octanol–water partition coefficient (Wildman–Crippen LogP) is 7.99. The Labute approximate surface area is 166 Å². The molecule has 0 aromatic heterocycles. The lowest BCUT2D eigenvalue weighted by atomic mass is 9.93. The van der Waals surface area contributed by atoms with Gasteiger partial charge in [-0.25, -0.2) is 0 Å². The first kappa shape index (κ1) is 29.7. The second-order valence-electron chi connectivity index (χ2n) is 5.97. The van der Waals surface area contributed by atoms with Crippen LogP contribution in [0, 0.1) is 0 Å². The van der Waals surface area contributed by atoms with Crippen molar-refractivity contribution in [3.8, 4) is 0 Å². The molecule has 0 atom stereocenters. The second kappa shape index (κ2) is 8.23. The number of hydrogen-bond donors (Lipinski definition) is 0. The average Bonchev–Trinajstić information content (AvgIpc) is 2.49. The summed E-state index contributed by atoms with van der Waals surface area (Å²) < 4.78 is 204. The lowest BCUT2D eigenvalue weighted by Gasteiger charge is -2.40. The van der Waals surface area contributed by atoms with Gasteiger partial charge in [0.1, 0.15) is 0 Å². The SMILES string of the molecule is FC(F)(F)CC[Si](Cl)(Cl)CCC(F)(F)C(F)(F)C(F)(F)C(F)(F)C(F)(F)C(F)(F)F. The summed E-state index contributed by atoms with van der Waals surface area (Å²) >= 11 is 10.5. The summed E-state index contributed by atoms with van der Waals surface area (Å²) in [5, 5.41) is 0. The topological polar surface area (TPSA) is 0 Å². The molecule has 0 rings (SSSR count). The van der Waals surface area contributed by atoms with E-state index in [1.165, 1.54) is 0 Å². The standard InChI is InChI=1S/C11H8Cl2F16Si/c12-30(13,4-2-6(16,17)18)3-1-5(14,15)7(19,20)8(21,22)9(23,24)10(25,26)11(27,28)29/h1-4H2. The predicted molar refractivity (Wildman–Crippen MR) is 73.2 cm³/mol. The van der Waals surface area contributed by atoms with Gasteiger partial charge in [-0.05, 0) is 12.1 Å². The van der Waals surface area contributed by atoms with Crippen LogP contribution in [0.2, 0.25) is 12.1 Å². The smallest absolute Gasteiger partial charge is 0.200 e. The highest BCUT2D eigenvalue weighted by Crippen LogP contribution is 2.61. The van der Waals surface area contributed by atoms with Crippen LogP contribution in [0.5, 0.6) is 0 Å². The molecule has 0 fully saturated rings. The maximum absolute atomic E-state index is 13.5. The highest BCUT2D eigenvalue weighted by molar-refractivity contribution is 7.45. The zero-order chi connectivity index (χ0) is 24.8. The minimum atomic E-state index is -8.04. The van der Waals surface area contributed by atoms with Crippen LogP contribution in [0.15, 0.2) is 0 Å². The number of hydrogen-bond acceptors (Lipinski definition) is 0. The maximum Gasteiger partial charge on any atom is 0.460 e. The normalized spacial score (nSPS) is 16.2. The first-order valence-electron chi connectivity index (χ1n) is 7.07. The van der Waals surface area contributed by atoms with Crippen molar-refractivity contribution >= 4 is 28.9 Å². The van der Waals surface area contributed by atoms with Gasteiger partial charge in [-0.15, -0.1) is 22.2 Å². The van der Waals surface area contributed by atoms with Crippen LogP contribution >= 0.6 is 22.2 Å². The van der Waals surface area contributed by atoms with Crippen molar-refractivity contribution in [2.75, 3.05) is 0 Å². The molecule has 0 saturated heterocycles. The Morgan fingerprint density at radius 1 is 0.467 bits per heavy atom. The van der Waals surface area contributed by atoms with Gasteiger partial charge >= 0.3 is 42.0 Å². The fraction of sp³-hybridized carbons (Fsp3) is 1.00. The van der Waals surface area contributed by atoms with Gasteiger partial charge < -0.3 is 0 Å². The van der Waals surface area contributed by atoms with Crippen molar-refractivity contribution in [3.63, 3.8) is 0 Å². The average molecular weight is 543 g/mol.